The van der Waals surface area contributed by atoms with Gasteiger partial charge in [0, 0.05) is 17.0 Å². The van der Waals surface area contributed by atoms with Crippen molar-refractivity contribution in [3.05, 3.63) is 82.2 Å². The molecule has 3 rings (SSSR count). The van der Waals surface area contributed by atoms with Crippen molar-refractivity contribution < 1.29 is 13.6 Å². The highest BCUT2D eigenvalue weighted by atomic mass is 32.1. The number of halogens is 1. The third kappa shape index (κ3) is 4.45. The second-order valence-corrected chi connectivity index (χ2v) is 6.38. The summed E-state index contributed by atoms with van der Waals surface area (Å²) in [7, 11) is 0. The summed E-state index contributed by atoms with van der Waals surface area (Å²) in [4.78, 5) is 15.4. The van der Waals surface area contributed by atoms with Crippen molar-refractivity contribution in [2.75, 3.05) is 0 Å². The molecule has 2 aromatic heterocycles. The van der Waals surface area contributed by atoms with Gasteiger partial charge in [-0.15, -0.1) is 11.3 Å². The number of nitrogens with zero attached hydrogens (tertiary/aromatic N) is 1. The summed E-state index contributed by atoms with van der Waals surface area (Å²) in [6, 6.07) is 11.7. The number of urea groups is 1. The first-order valence-corrected chi connectivity index (χ1v) is 8.39. The predicted molar refractivity (Wildman–Crippen MR) is 90.9 cm³/mol. The molecule has 0 saturated heterocycles. The largest absolute Gasteiger partial charge is 0.472 e. The Hall–Kier alpha value is -2.60. The highest BCUT2D eigenvalue weighted by molar-refractivity contribution is 7.09. The molecule has 0 radical (unpaired) electrons. The number of thiophene rings is 1. The van der Waals surface area contributed by atoms with Gasteiger partial charge in [0.25, 0.3) is 0 Å². The van der Waals surface area contributed by atoms with Crippen molar-refractivity contribution in [3.63, 3.8) is 0 Å². The molecule has 6 heteroatoms. The Morgan fingerprint density at radius 1 is 1.12 bits per heavy atom. The number of carbonyl (C=O) groups excluding carboxylic acids is 1. The fourth-order valence-corrected chi connectivity index (χ4v) is 3.00. The number of hydrogen-bond donors (Lipinski definition) is 1. The van der Waals surface area contributed by atoms with Gasteiger partial charge in [0.05, 0.1) is 25.6 Å². The lowest BCUT2D eigenvalue weighted by Gasteiger charge is -2.22. The van der Waals surface area contributed by atoms with Crippen molar-refractivity contribution >= 4 is 17.4 Å². The number of hydrogen-bond acceptors (Lipinski definition) is 3. The molecule has 0 fully saturated rings. The van der Waals surface area contributed by atoms with Gasteiger partial charge in [-0.05, 0) is 35.2 Å². The first kappa shape index (κ1) is 16.3. The van der Waals surface area contributed by atoms with E-state index in [2.05, 4.69) is 5.32 Å². The Morgan fingerprint density at radius 3 is 2.62 bits per heavy atom. The number of carbonyl (C=O) groups is 1. The Morgan fingerprint density at radius 2 is 1.96 bits per heavy atom. The number of nitrogens with one attached hydrogen (secondary N) is 1. The molecule has 0 atom stereocenters. The van der Waals surface area contributed by atoms with E-state index in [4.69, 9.17) is 4.42 Å². The summed E-state index contributed by atoms with van der Waals surface area (Å²) >= 11 is 1.61. The van der Waals surface area contributed by atoms with Crippen LogP contribution in [0.5, 0.6) is 0 Å². The van der Waals surface area contributed by atoms with Crippen molar-refractivity contribution in [2.45, 2.75) is 19.6 Å². The topological polar surface area (TPSA) is 45.5 Å². The van der Waals surface area contributed by atoms with E-state index in [1.165, 1.54) is 12.1 Å². The minimum absolute atomic E-state index is 0.172. The van der Waals surface area contributed by atoms with Crippen LogP contribution in [-0.4, -0.2) is 10.9 Å². The average molecular weight is 344 g/mol. The van der Waals surface area contributed by atoms with Crippen LogP contribution in [0.4, 0.5) is 9.18 Å². The van der Waals surface area contributed by atoms with Gasteiger partial charge >= 0.3 is 6.03 Å². The molecule has 1 aromatic carbocycles. The number of benzene rings is 1. The van der Waals surface area contributed by atoms with E-state index in [0.29, 0.717) is 19.6 Å². The molecule has 1 N–H and O–H groups in total. The van der Waals surface area contributed by atoms with Gasteiger partial charge in [0.2, 0.25) is 0 Å². The van der Waals surface area contributed by atoms with Crippen LogP contribution in [-0.2, 0) is 19.6 Å². The van der Waals surface area contributed by atoms with Gasteiger partial charge in [0.1, 0.15) is 5.82 Å². The van der Waals surface area contributed by atoms with Crippen LogP contribution >= 0.6 is 11.3 Å². The Balaban J connectivity index is 1.64. The molecule has 24 heavy (non-hydrogen) atoms. The molecule has 4 nitrogen and oxygen atoms in total. The molecule has 2 amide bonds. The lowest BCUT2D eigenvalue weighted by atomic mass is 10.2. The Bertz CT molecular complexity index is 719. The minimum Gasteiger partial charge on any atom is -0.472 e. The zero-order valence-electron chi connectivity index (χ0n) is 12.9. The number of rotatable bonds is 6. The zero-order chi connectivity index (χ0) is 16.8. The fraction of sp³-hybridized carbons (Fsp3) is 0.167. The van der Waals surface area contributed by atoms with Gasteiger partial charge in [-0.2, -0.15) is 0 Å². The quantitative estimate of drug-likeness (QED) is 0.721. The van der Waals surface area contributed by atoms with Gasteiger partial charge in [0.15, 0.2) is 0 Å². The zero-order valence-corrected chi connectivity index (χ0v) is 13.8. The normalized spacial score (nSPS) is 10.5. The summed E-state index contributed by atoms with van der Waals surface area (Å²) in [6.07, 6.45) is 3.23. The maximum absolute atomic E-state index is 12.9. The van der Waals surface area contributed by atoms with Crippen LogP contribution < -0.4 is 5.32 Å². The maximum Gasteiger partial charge on any atom is 0.318 e. The summed E-state index contributed by atoms with van der Waals surface area (Å²) in [5, 5.41) is 4.87. The summed E-state index contributed by atoms with van der Waals surface area (Å²) in [5.41, 5.74) is 1.78. The Kier molecular flexibility index (Phi) is 5.28. The molecular weight excluding hydrogens is 327 g/mol. The average Bonchev–Trinajstić information content (AvgIpc) is 3.27. The lowest BCUT2D eigenvalue weighted by molar-refractivity contribution is 0.192. The molecule has 0 saturated carbocycles. The molecule has 0 unspecified atom stereocenters. The SMILES string of the molecule is O=C(NCc1ccc(F)cc1)N(Cc1ccoc1)Cc1cccs1. The summed E-state index contributed by atoms with van der Waals surface area (Å²) in [5.74, 6) is -0.288. The number of furan rings is 1. The molecule has 0 bridgehead atoms. The van der Waals surface area contributed by atoms with Crippen LogP contribution in [0, 0.1) is 5.82 Å². The van der Waals surface area contributed by atoms with Crippen molar-refractivity contribution in [3.8, 4) is 0 Å². The molecule has 0 aliphatic carbocycles. The van der Waals surface area contributed by atoms with Gasteiger partial charge in [-0.25, -0.2) is 9.18 Å². The summed E-state index contributed by atoms with van der Waals surface area (Å²) in [6.45, 7) is 1.34. The van der Waals surface area contributed by atoms with Crippen LogP contribution in [0.1, 0.15) is 16.0 Å². The van der Waals surface area contributed by atoms with Gasteiger partial charge in [-0.1, -0.05) is 18.2 Å². The second-order valence-electron chi connectivity index (χ2n) is 5.35. The second kappa shape index (κ2) is 7.79. The van der Waals surface area contributed by atoms with Crippen molar-refractivity contribution in [1.82, 2.24) is 10.2 Å². The molecule has 2 heterocycles. The first-order chi connectivity index (χ1) is 11.7. The molecule has 3 aromatic rings. The third-order valence-electron chi connectivity index (χ3n) is 3.52. The summed E-state index contributed by atoms with van der Waals surface area (Å²) < 4.78 is 18.0. The molecule has 0 spiro atoms. The fourth-order valence-electron chi connectivity index (χ4n) is 2.28. The minimum atomic E-state index is -0.288. The van der Waals surface area contributed by atoms with E-state index in [0.717, 1.165) is 16.0 Å². The maximum atomic E-state index is 12.9. The van der Waals surface area contributed by atoms with E-state index in [1.807, 2.05) is 23.6 Å². The van der Waals surface area contributed by atoms with E-state index >= 15 is 0 Å². The van der Waals surface area contributed by atoms with Crippen LogP contribution in [0.2, 0.25) is 0 Å². The smallest absolute Gasteiger partial charge is 0.318 e. The molecule has 0 aliphatic rings. The van der Waals surface area contributed by atoms with Crippen molar-refractivity contribution in [2.24, 2.45) is 0 Å². The van der Waals surface area contributed by atoms with Crippen molar-refractivity contribution in [1.29, 1.82) is 0 Å². The van der Waals surface area contributed by atoms with Gasteiger partial charge < -0.3 is 14.6 Å². The lowest BCUT2D eigenvalue weighted by Crippen LogP contribution is -2.38. The van der Waals surface area contributed by atoms with Crippen LogP contribution in [0.25, 0.3) is 0 Å². The standard InChI is InChI=1S/C18H17FN2O2S/c19-16-5-3-14(4-6-16)10-20-18(22)21(11-15-7-8-23-13-15)12-17-2-1-9-24-17/h1-9,13H,10-12H2,(H,20,22). The van der Waals surface area contributed by atoms with E-state index in [-0.39, 0.29) is 11.8 Å². The Labute approximate surface area is 143 Å². The van der Waals surface area contributed by atoms with Gasteiger partial charge in [-0.3, -0.25) is 0 Å². The highest BCUT2D eigenvalue weighted by Gasteiger charge is 2.15. The highest BCUT2D eigenvalue weighted by Crippen LogP contribution is 2.15. The molecule has 124 valence electrons. The van der Waals surface area contributed by atoms with E-state index < -0.39 is 0 Å². The first-order valence-electron chi connectivity index (χ1n) is 7.51. The third-order valence-corrected chi connectivity index (χ3v) is 4.39. The predicted octanol–water partition coefficient (Wildman–Crippen LogP) is 4.39. The molecular formula is C18H17FN2O2S. The molecule has 0 aliphatic heterocycles. The van der Waals surface area contributed by atoms with Crippen LogP contribution in [0.15, 0.2) is 64.8 Å². The monoisotopic (exact) mass is 344 g/mol. The van der Waals surface area contributed by atoms with Crippen LogP contribution in [0.3, 0.4) is 0 Å². The van der Waals surface area contributed by atoms with E-state index in [1.54, 1.807) is 40.9 Å². The van der Waals surface area contributed by atoms with E-state index in [9.17, 15) is 9.18 Å². The number of amides is 2.